The number of hydrogen-bond donors (Lipinski definition) is 3. The van der Waals surface area contributed by atoms with Crippen LogP contribution in [-0.4, -0.2) is 36.5 Å². The molecular weight excluding hydrogens is 316 g/mol. The van der Waals surface area contributed by atoms with Gasteiger partial charge >= 0.3 is 6.03 Å². The minimum atomic E-state index is -0.712. The van der Waals surface area contributed by atoms with Gasteiger partial charge in [0, 0.05) is 26.3 Å². The zero-order valence-corrected chi connectivity index (χ0v) is 14.4. The lowest BCUT2D eigenvalue weighted by Crippen LogP contribution is -2.51. The van der Waals surface area contributed by atoms with Crippen molar-refractivity contribution >= 4 is 30.0 Å². The SMILES string of the molecule is CN(C)C(=O)Nc1cccc(CNC(=O)C2(N)CCCC2)c1.Cl. The minimum Gasteiger partial charge on any atom is -0.350 e. The predicted molar refractivity (Wildman–Crippen MR) is 93.6 cm³/mol. The van der Waals surface area contributed by atoms with Gasteiger partial charge < -0.3 is 21.3 Å². The third kappa shape index (κ3) is 5.11. The number of amides is 3. The molecule has 0 aromatic heterocycles. The molecule has 1 fully saturated rings. The molecule has 1 aromatic rings. The number of anilines is 1. The molecule has 0 unspecified atom stereocenters. The molecule has 7 heteroatoms. The number of nitrogens with one attached hydrogen (secondary N) is 2. The average Bonchev–Trinajstić information content (AvgIpc) is 2.93. The molecule has 128 valence electrons. The molecule has 0 radical (unpaired) electrons. The molecule has 4 N–H and O–H groups in total. The van der Waals surface area contributed by atoms with Crippen LogP contribution in [-0.2, 0) is 11.3 Å². The third-order valence-electron chi connectivity index (χ3n) is 3.99. The molecule has 0 heterocycles. The quantitative estimate of drug-likeness (QED) is 0.784. The topological polar surface area (TPSA) is 87.5 Å². The fourth-order valence-electron chi connectivity index (χ4n) is 2.59. The Morgan fingerprint density at radius 1 is 1.26 bits per heavy atom. The van der Waals surface area contributed by atoms with E-state index in [1.165, 1.54) is 4.90 Å². The van der Waals surface area contributed by atoms with Crippen LogP contribution in [0.2, 0.25) is 0 Å². The highest BCUT2D eigenvalue weighted by Gasteiger charge is 2.36. The monoisotopic (exact) mass is 340 g/mol. The van der Waals surface area contributed by atoms with Crippen LogP contribution in [0.1, 0.15) is 31.2 Å². The van der Waals surface area contributed by atoms with Crippen molar-refractivity contribution in [3.63, 3.8) is 0 Å². The van der Waals surface area contributed by atoms with Crippen molar-refractivity contribution in [3.05, 3.63) is 29.8 Å². The van der Waals surface area contributed by atoms with Crippen molar-refractivity contribution in [1.82, 2.24) is 10.2 Å². The number of rotatable bonds is 4. The summed E-state index contributed by atoms with van der Waals surface area (Å²) in [7, 11) is 3.36. The highest BCUT2D eigenvalue weighted by Crippen LogP contribution is 2.27. The Labute approximate surface area is 143 Å². The third-order valence-corrected chi connectivity index (χ3v) is 3.99. The van der Waals surface area contributed by atoms with Crippen molar-refractivity contribution in [2.75, 3.05) is 19.4 Å². The molecule has 2 rings (SSSR count). The highest BCUT2D eigenvalue weighted by atomic mass is 35.5. The second kappa shape index (κ2) is 8.17. The van der Waals surface area contributed by atoms with Crippen LogP contribution in [0.25, 0.3) is 0 Å². The van der Waals surface area contributed by atoms with Crippen molar-refractivity contribution in [2.45, 2.75) is 37.8 Å². The fraction of sp³-hybridized carbons (Fsp3) is 0.500. The molecule has 1 aliphatic rings. The lowest BCUT2D eigenvalue weighted by Gasteiger charge is -2.22. The molecule has 23 heavy (non-hydrogen) atoms. The standard InChI is InChI=1S/C16H24N4O2.ClH/c1-20(2)15(22)19-13-7-5-6-12(10-13)11-18-14(21)16(17)8-3-4-9-16;/h5-7,10H,3-4,8-9,11,17H2,1-2H3,(H,18,21)(H,19,22);1H. The first kappa shape index (κ1) is 19.3. The summed E-state index contributed by atoms with van der Waals surface area (Å²) >= 11 is 0. The van der Waals surface area contributed by atoms with Crippen molar-refractivity contribution < 1.29 is 9.59 Å². The van der Waals surface area contributed by atoms with Gasteiger partial charge in [-0.15, -0.1) is 12.4 Å². The largest absolute Gasteiger partial charge is 0.350 e. The zero-order valence-electron chi connectivity index (χ0n) is 13.6. The van der Waals surface area contributed by atoms with E-state index in [0.29, 0.717) is 12.2 Å². The number of carbonyl (C=O) groups excluding carboxylic acids is 2. The highest BCUT2D eigenvalue weighted by molar-refractivity contribution is 5.89. The maximum absolute atomic E-state index is 12.2. The van der Waals surface area contributed by atoms with Gasteiger partial charge in [-0.1, -0.05) is 25.0 Å². The number of nitrogens with two attached hydrogens (primary N) is 1. The zero-order chi connectivity index (χ0) is 16.2. The first-order valence-corrected chi connectivity index (χ1v) is 7.55. The number of urea groups is 1. The Morgan fingerprint density at radius 3 is 2.52 bits per heavy atom. The molecule has 0 spiro atoms. The number of carbonyl (C=O) groups is 2. The van der Waals surface area contributed by atoms with Crippen LogP contribution in [0, 0.1) is 0 Å². The smallest absolute Gasteiger partial charge is 0.321 e. The van der Waals surface area contributed by atoms with Gasteiger partial charge in [-0.2, -0.15) is 0 Å². The van der Waals surface area contributed by atoms with Gasteiger partial charge in [-0.3, -0.25) is 4.79 Å². The van der Waals surface area contributed by atoms with Crippen molar-refractivity contribution in [2.24, 2.45) is 5.73 Å². The Morgan fingerprint density at radius 2 is 1.91 bits per heavy atom. The Balaban J connectivity index is 0.00000264. The number of hydrogen-bond acceptors (Lipinski definition) is 3. The number of benzene rings is 1. The summed E-state index contributed by atoms with van der Waals surface area (Å²) in [5.41, 5.74) is 7.03. The van der Waals surface area contributed by atoms with E-state index in [-0.39, 0.29) is 24.3 Å². The molecule has 0 aliphatic heterocycles. The van der Waals surface area contributed by atoms with Crippen LogP contribution < -0.4 is 16.4 Å². The maximum atomic E-state index is 12.2. The van der Waals surface area contributed by atoms with Gasteiger partial charge in [0.1, 0.15) is 0 Å². The van der Waals surface area contributed by atoms with E-state index in [9.17, 15) is 9.59 Å². The van der Waals surface area contributed by atoms with Crippen LogP contribution in [0.15, 0.2) is 24.3 Å². The summed E-state index contributed by atoms with van der Waals surface area (Å²) in [6.07, 6.45) is 3.52. The Bertz CT molecular complexity index is 557. The van der Waals surface area contributed by atoms with E-state index in [4.69, 9.17) is 5.73 Å². The van der Waals surface area contributed by atoms with Crippen LogP contribution in [0.4, 0.5) is 10.5 Å². The van der Waals surface area contributed by atoms with Gasteiger partial charge in [-0.05, 0) is 30.5 Å². The predicted octanol–water partition coefficient (Wildman–Crippen LogP) is 2.09. The van der Waals surface area contributed by atoms with Gasteiger partial charge in [0.05, 0.1) is 5.54 Å². The molecule has 0 bridgehead atoms. The maximum Gasteiger partial charge on any atom is 0.321 e. The van der Waals surface area contributed by atoms with E-state index >= 15 is 0 Å². The Kier molecular flexibility index (Phi) is 6.84. The lowest BCUT2D eigenvalue weighted by molar-refractivity contribution is -0.126. The number of halogens is 1. The van der Waals surface area contributed by atoms with E-state index in [2.05, 4.69) is 10.6 Å². The second-order valence-corrected chi connectivity index (χ2v) is 6.07. The number of nitrogens with zero attached hydrogens (tertiary/aromatic N) is 1. The van der Waals surface area contributed by atoms with Gasteiger partial charge in [0.25, 0.3) is 0 Å². The van der Waals surface area contributed by atoms with Gasteiger partial charge in [0.2, 0.25) is 5.91 Å². The van der Waals surface area contributed by atoms with E-state index in [1.807, 2.05) is 24.3 Å². The normalized spacial score (nSPS) is 15.4. The molecule has 0 saturated heterocycles. The van der Waals surface area contributed by atoms with Crippen molar-refractivity contribution in [1.29, 1.82) is 0 Å². The van der Waals surface area contributed by atoms with Gasteiger partial charge in [0.15, 0.2) is 0 Å². The summed E-state index contributed by atoms with van der Waals surface area (Å²) in [6.45, 7) is 0.406. The molecule has 1 aliphatic carbocycles. The summed E-state index contributed by atoms with van der Waals surface area (Å²) < 4.78 is 0. The lowest BCUT2D eigenvalue weighted by atomic mass is 9.98. The van der Waals surface area contributed by atoms with E-state index < -0.39 is 5.54 Å². The average molecular weight is 341 g/mol. The summed E-state index contributed by atoms with van der Waals surface area (Å²) in [4.78, 5) is 25.3. The first-order chi connectivity index (χ1) is 10.4. The van der Waals surface area contributed by atoms with Crippen LogP contribution in [0.5, 0.6) is 0 Å². The summed E-state index contributed by atoms with van der Waals surface area (Å²) in [5.74, 6) is -0.0901. The molecule has 1 saturated carbocycles. The van der Waals surface area contributed by atoms with Gasteiger partial charge in [-0.25, -0.2) is 4.79 Å². The summed E-state index contributed by atoms with van der Waals surface area (Å²) in [5, 5.41) is 5.68. The molecule has 1 aromatic carbocycles. The van der Waals surface area contributed by atoms with Crippen LogP contribution >= 0.6 is 12.4 Å². The minimum absolute atomic E-state index is 0. The molecule has 0 atom stereocenters. The Hall–Kier alpha value is -1.79. The first-order valence-electron chi connectivity index (χ1n) is 7.55. The van der Waals surface area contributed by atoms with E-state index in [0.717, 1.165) is 31.2 Å². The summed E-state index contributed by atoms with van der Waals surface area (Å²) in [6, 6.07) is 7.23. The second-order valence-electron chi connectivity index (χ2n) is 6.07. The van der Waals surface area contributed by atoms with Crippen LogP contribution in [0.3, 0.4) is 0 Å². The fourth-order valence-corrected chi connectivity index (χ4v) is 2.59. The van der Waals surface area contributed by atoms with Crippen molar-refractivity contribution in [3.8, 4) is 0 Å². The molecular formula is C16H25ClN4O2. The molecule has 3 amide bonds. The van der Waals surface area contributed by atoms with E-state index in [1.54, 1.807) is 14.1 Å². The molecule has 6 nitrogen and oxygen atoms in total.